The van der Waals surface area contributed by atoms with E-state index in [0.717, 1.165) is 0 Å². The molecule has 2 rings (SSSR count). The van der Waals surface area contributed by atoms with Crippen LogP contribution in [0.25, 0.3) is 0 Å². The quantitative estimate of drug-likeness (QED) is 0.465. The number of hydrogen-bond donors (Lipinski definition) is 0. The molecule has 0 aromatic heterocycles. The maximum absolute atomic E-state index is 2.36. The van der Waals surface area contributed by atoms with Crippen molar-refractivity contribution in [3.05, 3.63) is 23.3 Å². The van der Waals surface area contributed by atoms with Gasteiger partial charge in [-0.05, 0) is 24.6 Å². The molecule has 1 heterocycles. The van der Waals surface area contributed by atoms with Crippen LogP contribution in [0, 0.1) is 0 Å². The van der Waals surface area contributed by atoms with Gasteiger partial charge in [0.2, 0.25) is 0 Å². The summed E-state index contributed by atoms with van der Waals surface area (Å²) in [6.07, 6.45) is 5.73. The van der Waals surface area contributed by atoms with E-state index < -0.39 is 0 Å². The number of allylic oxidation sites excluding steroid dienone is 1. The summed E-state index contributed by atoms with van der Waals surface area (Å²) in [5.74, 6) is 0. The fourth-order valence-electron chi connectivity index (χ4n) is 1.60. The molecule has 0 spiro atoms. The molecular formula is C8H11N. The first-order valence-electron chi connectivity index (χ1n) is 3.42. The van der Waals surface area contributed by atoms with E-state index in [-0.39, 0.29) is 0 Å². The smallest absolute Gasteiger partial charge is 0.0234 e. The molecule has 0 unspecified atom stereocenters. The Hall–Kier alpha value is -0.560. The van der Waals surface area contributed by atoms with Gasteiger partial charge in [-0.15, -0.1) is 0 Å². The summed E-state index contributed by atoms with van der Waals surface area (Å²) < 4.78 is 0. The predicted molar refractivity (Wildman–Crippen MR) is 38.3 cm³/mol. The molecule has 0 aromatic carbocycles. The van der Waals surface area contributed by atoms with Crippen LogP contribution in [0.2, 0.25) is 0 Å². The molecule has 0 fully saturated rings. The second-order valence-electron chi connectivity index (χ2n) is 2.91. The maximum Gasteiger partial charge on any atom is 0.0234 e. The zero-order valence-electron chi connectivity index (χ0n) is 5.72. The fourth-order valence-corrected chi connectivity index (χ4v) is 1.60. The van der Waals surface area contributed by atoms with Gasteiger partial charge in [-0.2, -0.15) is 0 Å². The molecule has 0 atom stereocenters. The molecule has 0 saturated carbocycles. The normalized spacial score (nSPS) is 25.9. The van der Waals surface area contributed by atoms with E-state index in [9.17, 15) is 0 Å². The van der Waals surface area contributed by atoms with Crippen LogP contribution in [0.4, 0.5) is 0 Å². The second-order valence-corrected chi connectivity index (χ2v) is 2.91. The van der Waals surface area contributed by atoms with Crippen molar-refractivity contribution < 1.29 is 0 Å². The Morgan fingerprint density at radius 1 is 1.44 bits per heavy atom. The minimum absolute atomic E-state index is 1.17. The van der Waals surface area contributed by atoms with Crippen molar-refractivity contribution in [3.63, 3.8) is 0 Å². The molecular weight excluding hydrogens is 110 g/mol. The molecule has 1 nitrogen and oxygen atoms in total. The number of hydrogen-bond acceptors (Lipinski definition) is 1. The van der Waals surface area contributed by atoms with E-state index in [0.29, 0.717) is 0 Å². The molecule has 0 N–H and O–H groups in total. The standard InChI is InChI=1S/C8H11N/c1-9-5-7-3-2-4-8(7)6-9/h2-3H,4-6H2,1H3. The molecule has 0 bridgehead atoms. The predicted octanol–water partition coefficient (Wildman–Crippen LogP) is 1.19. The SMILES string of the molecule is CN1CC2=C(CC=C2)C1. The van der Waals surface area contributed by atoms with Gasteiger partial charge in [-0.1, -0.05) is 12.2 Å². The van der Waals surface area contributed by atoms with Crippen molar-refractivity contribution in [3.8, 4) is 0 Å². The van der Waals surface area contributed by atoms with E-state index >= 15 is 0 Å². The Balaban J connectivity index is 2.22. The number of rotatable bonds is 0. The van der Waals surface area contributed by atoms with Crippen LogP contribution in [0.3, 0.4) is 0 Å². The average Bonchev–Trinajstić information content (AvgIpc) is 2.22. The molecule has 0 saturated heterocycles. The first kappa shape index (κ1) is 5.24. The highest BCUT2D eigenvalue weighted by molar-refractivity contribution is 5.38. The zero-order chi connectivity index (χ0) is 6.27. The molecule has 1 heteroatoms. The van der Waals surface area contributed by atoms with E-state index in [2.05, 4.69) is 24.1 Å². The lowest BCUT2D eigenvalue weighted by molar-refractivity contribution is 0.423. The van der Waals surface area contributed by atoms with Gasteiger partial charge in [-0.25, -0.2) is 0 Å². The van der Waals surface area contributed by atoms with Gasteiger partial charge >= 0.3 is 0 Å². The number of nitrogens with zero attached hydrogens (tertiary/aromatic N) is 1. The lowest BCUT2D eigenvalue weighted by atomic mass is 10.2. The maximum atomic E-state index is 2.36. The van der Waals surface area contributed by atoms with Crippen LogP contribution >= 0.6 is 0 Å². The summed E-state index contributed by atoms with van der Waals surface area (Å²) in [4.78, 5) is 2.36. The van der Waals surface area contributed by atoms with Crippen LogP contribution < -0.4 is 0 Å². The highest BCUT2D eigenvalue weighted by Crippen LogP contribution is 2.25. The van der Waals surface area contributed by atoms with Gasteiger partial charge in [0, 0.05) is 13.1 Å². The molecule has 1 aliphatic carbocycles. The molecule has 2 aliphatic rings. The second kappa shape index (κ2) is 1.71. The summed E-state index contributed by atoms with van der Waals surface area (Å²) >= 11 is 0. The van der Waals surface area contributed by atoms with E-state index in [1.54, 1.807) is 11.1 Å². The van der Waals surface area contributed by atoms with Gasteiger partial charge in [0.1, 0.15) is 0 Å². The van der Waals surface area contributed by atoms with Crippen molar-refractivity contribution in [2.45, 2.75) is 6.42 Å². The van der Waals surface area contributed by atoms with Crippen molar-refractivity contribution >= 4 is 0 Å². The Labute approximate surface area is 55.7 Å². The topological polar surface area (TPSA) is 3.24 Å². The van der Waals surface area contributed by atoms with Crippen molar-refractivity contribution in [2.75, 3.05) is 20.1 Å². The van der Waals surface area contributed by atoms with Crippen molar-refractivity contribution in [1.82, 2.24) is 4.90 Å². The van der Waals surface area contributed by atoms with Crippen LogP contribution in [0.1, 0.15) is 6.42 Å². The van der Waals surface area contributed by atoms with Gasteiger partial charge in [0.05, 0.1) is 0 Å². The largest absolute Gasteiger partial charge is 0.298 e. The summed E-state index contributed by atoms with van der Waals surface area (Å²) in [6, 6.07) is 0. The monoisotopic (exact) mass is 121 g/mol. The summed E-state index contributed by atoms with van der Waals surface area (Å²) in [7, 11) is 2.17. The number of likely N-dealkylation sites (N-methyl/N-ethyl adjacent to an activating group) is 1. The third kappa shape index (κ3) is 0.724. The Kier molecular flexibility index (Phi) is 0.995. The Morgan fingerprint density at radius 3 is 3.11 bits per heavy atom. The van der Waals surface area contributed by atoms with Gasteiger partial charge in [0.15, 0.2) is 0 Å². The Bertz CT molecular complexity index is 189. The highest BCUT2D eigenvalue weighted by atomic mass is 15.1. The van der Waals surface area contributed by atoms with Crippen LogP contribution in [0.15, 0.2) is 23.3 Å². The molecule has 0 radical (unpaired) electrons. The summed E-state index contributed by atoms with van der Waals surface area (Å²) in [5, 5.41) is 0. The van der Waals surface area contributed by atoms with Crippen LogP contribution in [-0.4, -0.2) is 25.0 Å². The molecule has 0 aromatic rings. The van der Waals surface area contributed by atoms with E-state index in [4.69, 9.17) is 0 Å². The van der Waals surface area contributed by atoms with Gasteiger partial charge in [-0.3, -0.25) is 4.90 Å². The third-order valence-corrected chi connectivity index (χ3v) is 2.04. The molecule has 9 heavy (non-hydrogen) atoms. The minimum atomic E-state index is 1.17. The average molecular weight is 121 g/mol. The molecule has 48 valence electrons. The first-order chi connectivity index (χ1) is 4.36. The first-order valence-corrected chi connectivity index (χ1v) is 3.42. The van der Waals surface area contributed by atoms with Crippen LogP contribution in [-0.2, 0) is 0 Å². The van der Waals surface area contributed by atoms with Crippen LogP contribution in [0.5, 0.6) is 0 Å². The third-order valence-electron chi connectivity index (χ3n) is 2.04. The Morgan fingerprint density at radius 2 is 2.33 bits per heavy atom. The zero-order valence-corrected chi connectivity index (χ0v) is 5.72. The van der Waals surface area contributed by atoms with Crippen molar-refractivity contribution in [2.24, 2.45) is 0 Å². The van der Waals surface area contributed by atoms with E-state index in [1.807, 2.05) is 0 Å². The summed E-state index contributed by atoms with van der Waals surface area (Å²) in [6.45, 7) is 2.37. The minimum Gasteiger partial charge on any atom is -0.298 e. The lowest BCUT2D eigenvalue weighted by Gasteiger charge is -2.06. The van der Waals surface area contributed by atoms with Crippen molar-refractivity contribution in [1.29, 1.82) is 0 Å². The van der Waals surface area contributed by atoms with E-state index in [1.165, 1.54) is 19.5 Å². The fraction of sp³-hybridized carbons (Fsp3) is 0.500. The highest BCUT2D eigenvalue weighted by Gasteiger charge is 2.18. The van der Waals surface area contributed by atoms with Gasteiger partial charge in [0.25, 0.3) is 0 Å². The summed E-state index contributed by atoms with van der Waals surface area (Å²) in [5.41, 5.74) is 3.20. The molecule has 1 aliphatic heterocycles. The molecule has 0 amide bonds. The van der Waals surface area contributed by atoms with Gasteiger partial charge < -0.3 is 0 Å². The lowest BCUT2D eigenvalue weighted by Crippen LogP contribution is -2.14.